The van der Waals surface area contributed by atoms with Crippen LogP contribution in [0.3, 0.4) is 0 Å². The van der Waals surface area contributed by atoms with Gasteiger partial charge in [0.05, 0.1) is 13.7 Å². The van der Waals surface area contributed by atoms with E-state index in [4.69, 9.17) is 9.47 Å². The Morgan fingerprint density at radius 3 is 2.77 bits per heavy atom. The number of rotatable bonds is 8. The summed E-state index contributed by atoms with van der Waals surface area (Å²) in [4.78, 5) is 15.0. The van der Waals surface area contributed by atoms with Crippen LogP contribution in [0.4, 0.5) is 4.79 Å². The first kappa shape index (κ1) is 17.9. The predicted molar refractivity (Wildman–Crippen MR) is 103 cm³/mol. The van der Waals surface area contributed by atoms with Crippen LogP contribution in [0, 0.1) is 0 Å². The second-order valence-electron chi connectivity index (χ2n) is 6.13. The topological polar surface area (TPSA) is 63.3 Å². The Hall–Kier alpha value is -2.95. The lowest BCUT2D eigenvalue weighted by atomic mass is 10.1. The van der Waals surface area contributed by atoms with Crippen LogP contribution in [0.25, 0.3) is 10.9 Å². The molecule has 0 spiro atoms. The molecule has 2 aromatic carbocycles. The molecular formula is C21H24N2O3. The summed E-state index contributed by atoms with van der Waals surface area (Å²) in [5.41, 5.74) is 3.46. The zero-order valence-corrected chi connectivity index (χ0v) is 15.0. The summed E-state index contributed by atoms with van der Waals surface area (Å²) in [5.74, 6) is 0.823. The van der Waals surface area contributed by atoms with E-state index in [0.717, 1.165) is 41.5 Å². The molecule has 0 aliphatic heterocycles. The van der Waals surface area contributed by atoms with Gasteiger partial charge in [-0.1, -0.05) is 30.3 Å². The highest BCUT2D eigenvalue weighted by Crippen LogP contribution is 2.23. The molecule has 0 atom stereocenters. The second kappa shape index (κ2) is 8.94. The molecule has 3 rings (SSSR count). The number of methoxy groups -OCH3 is 1. The maximum atomic E-state index is 11.8. The van der Waals surface area contributed by atoms with Crippen LogP contribution < -0.4 is 10.1 Å². The highest BCUT2D eigenvalue weighted by Gasteiger charge is 2.07. The van der Waals surface area contributed by atoms with E-state index >= 15 is 0 Å². The monoisotopic (exact) mass is 352 g/mol. The van der Waals surface area contributed by atoms with Crippen LogP contribution in [0.15, 0.2) is 54.7 Å². The number of carbonyl (C=O) groups is 1. The third-order valence-electron chi connectivity index (χ3n) is 4.32. The fourth-order valence-electron chi connectivity index (χ4n) is 2.93. The second-order valence-corrected chi connectivity index (χ2v) is 6.13. The smallest absolute Gasteiger partial charge is 0.407 e. The lowest BCUT2D eigenvalue weighted by Gasteiger charge is -2.07. The number of nitrogens with one attached hydrogen (secondary N) is 2. The zero-order valence-electron chi connectivity index (χ0n) is 15.0. The number of aromatic nitrogens is 1. The maximum absolute atomic E-state index is 11.8. The molecule has 5 nitrogen and oxygen atoms in total. The van der Waals surface area contributed by atoms with Crippen molar-refractivity contribution in [2.75, 3.05) is 20.3 Å². The number of benzene rings is 2. The molecule has 0 unspecified atom stereocenters. The van der Waals surface area contributed by atoms with Gasteiger partial charge in [-0.2, -0.15) is 0 Å². The summed E-state index contributed by atoms with van der Waals surface area (Å²) in [6.45, 7) is 0.951. The van der Waals surface area contributed by atoms with Gasteiger partial charge in [-0.25, -0.2) is 4.79 Å². The summed E-state index contributed by atoms with van der Waals surface area (Å²) >= 11 is 0. The molecule has 0 aliphatic rings. The van der Waals surface area contributed by atoms with Crippen molar-refractivity contribution in [2.24, 2.45) is 0 Å². The molecule has 0 saturated carbocycles. The first-order valence-corrected chi connectivity index (χ1v) is 8.85. The van der Waals surface area contributed by atoms with Crippen molar-refractivity contribution >= 4 is 17.0 Å². The van der Waals surface area contributed by atoms with E-state index < -0.39 is 0 Å². The maximum Gasteiger partial charge on any atom is 0.407 e. The van der Waals surface area contributed by atoms with Gasteiger partial charge in [-0.3, -0.25) is 0 Å². The van der Waals surface area contributed by atoms with E-state index in [1.54, 1.807) is 7.11 Å². The Morgan fingerprint density at radius 1 is 1.12 bits per heavy atom. The minimum absolute atomic E-state index is 0.365. The number of hydrogen-bond acceptors (Lipinski definition) is 3. The number of aryl methyl sites for hydroxylation is 1. The molecule has 3 aromatic rings. The summed E-state index contributed by atoms with van der Waals surface area (Å²) in [6, 6.07) is 16.1. The fourth-order valence-corrected chi connectivity index (χ4v) is 2.93. The van der Waals surface area contributed by atoms with Gasteiger partial charge in [0, 0.05) is 23.6 Å². The van der Waals surface area contributed by atoms with Gasteiger partial charge in [-0.15, -0.1) is 0 Å². The van der Waals surface area contributed by atoms with Crippen molar-refractivity contribution in [1.29, 1.82) is 0 Å². The van der Waals surface area contributed by atoms with Crippen molar-refractivity contribution in [1.82, 2.24) is 10.3 Å². The zero-order chi connectivity index (χ0) is 18.2. The molecule has 136 valence electrons. The number of alkyl carbamates (subject to hydrolysis) is 1. The first-order chi connectivity index (χ1) is 12.8. The summed E-state index contributed by atoms with van der Waals surface area (Å²) in [6.07, 6.45) is 4.06. The van der Waals surface area contributed by atoms with E-state index in [1.165, 1.54) is 5.56 Å². The van der Waals surface area contributed by atoms with Crippen LogP contribution in [-0.2, 0) is 17.6 Å². The van der Waals surface area contributed by atoms with E-state index in [-0.39, 0.29) is 6.09 Å². The highest BCUT2D eigenvalue weighted by atomic mass is 16.5. The number of amides is 1. The Morgan fingerprint density at radius 2 is 1.96 bits per heavy atom. The number of H-pyrrole nitrogens is 1. The number of fused-ring (bicyclic) bond motifs is 1. The van der Waals surface area contributed by atoms with Crippen LogP contribution >= 0.6 is 0 Å². The Kier molecular flexibility index (Phi) is 6.14. The Labute approximate surface area is 153 Å². The lowest BCUT2D eigenvalue weighted by Crippen LogP contribution is -2.26. The summed E-state index contributed by atoms with van der Waals surface area (Å²) in [5, 5.41) is 3.92. The number of carbonyl (C=O) groups excluding carboxylic acids is 1. The Balaban J connectivity index is 1.38. The molecule has 0 radical (unpaired) electrons. The average molecular weight is 352 g/mol. The van der Waals surface area contributed by atoms with Gasteiger partial charge < -0.3 is 19.8 Å². The van der Waals surface area contributed by atoms with E-state index in [2.05, 4.69) is 22.4 Å². The van der Waals surface area contributed by atoms with E-state index in [1.807, 2.05) is 42.6 Å². The SMILES string of the molecule is COc1ccc2[nH]cc(CCNC(=O)OCCCc3ccccc3)c2c1. The van der Waals surface area contributed by atoms with Crippen LogP contribution in [-0.4, -0.2) is 31.3 Å². The number of hydrogen-bond donors (Lipinski definition) is 2. The van der Waals surface area contributed by atoms with Gasteiger partial charge in [0.25, 0.3) is 0 Å². The number of ether oxygens (including phenoxy) is 2. The summed E-state index contributed by atoms with van der Waals surface area (Å²) < 4.78 is 10.5. The predicted octanol–water partition coefficient (Wildman–Crippen LogP) is 4.08. The van der Waals surface area contributed by atoms with E-state index in [0.29, 0.717) is 13.2 Å². The molecule has 0 bridgehead atoms. The van der Waals surface area contributed by atoms with Crippen molar-refractivity contribution in [3.05, 3.63) is 65.9 Å². The minimum Gasteiger partial charge on any atom is -0.497 e. The molecule has 2 N–H and O–H groups in total. The molecule has 1 heterocycles. The molecule has 5 heteroatoms. The van der Waals surface area contributed by atoms with Crippen LogP contribution in [0.2, 0.25) is 0 Å². The van der Waals surface area contributed by atoms with E-state index in [9.17, 15) is 4.79 Å². The van der Waals surface area contributed by atoms with Crippen molar-refractivity contribution in [3.8, 4) is 5.75 Å². The minimum atomic E-state index is -0.365. The molecule has 1 aromatic heterocycles. The standard InChI is InChI=1S/C21H24N2O3/c1-25-18-9-10-20-19(14-18)17(15-23-20)11-12-22-21(24)26-13-5-8-16-6-3-2-4-7-16/h2-4,6-7,9-10,14-15,23H,5,8,11-13H2,1H3,(H,22,24). The normalized spacial score (nSPS) is 10.7. The third-order valence-corrected chi connectivity index (χ3v) is 4.32. The fraction of sp³-hybridized carbons (Fsp3) is 0.286. The molecule has 0 saturated heterocycles. The lowest BCUT2D eigenvalue weighted by molar-refractivity contribution is 0.145. The van der Waals surface area contributed by atoms with Crippen LogP contribution in [0.1, 0.15) is 17.5 Å². The Bertz CT molecular complexity index is 843. The van der Waals surface area contributed by atoms with Crippen molar-refractivity contribution in [2.45, 2.75) is 19.3 Å². The molecule has 26 heavy (non-hydrogen) atoms. The van der Waals surface area contributed by atoms with Gasteiger partial charge in [0.1, 0.15) is 5.75 Å². The van der Waals surface area contributed by atoms with Crippen molar-refractivity contribution < 1.29 is 14.3 Å². The van der Waals surface area contributed by atoms with Gasteiger partial charge >= 0.3 is 6.09 Å². The molecule has 1 amide bonds. The van der Waals surface area contributed by atoms with Crippen LogP contribution in [0.5, 0.6) is 5.75 Å². The molecule has 0 aliphatic carbocycles. The molecule has 0 fully saturated rings. The summed E-state index contributed by atoms with van der Waals surface area (Å²) in [7, 11) is 1.66. The van der Waals surface area contributed by atoms with Gasteiger partial charge in [-0.05, 0) is 48.6 Å². The van der Waals surface area contributed by atoms with Gasteiger partial charge in [0.15, 0.2) is 0 Å². The van der Waals surface area contributed by atoms with Gasteiger partial charge in [0.2, 0.25) is 0 Å². The quantitative estimate of drug-likeness (QED) is 0.601. The number of aromatic amines is 1. The highest BCUT2D eigenvalue weighted by molar-refractivity contribution is 5.84. The van der Waals surface area contributed by atoms with Crippen molar-refractivity contribution in [3.63, 3.8) is 0 Å². The average Bonchev–Trinajstić information content (AvgIpc) is 3.08. The third kappa shape index (κ3) is 4.79. The molecular weight excluding hydrogens is 328 g/mol. The largest absolute Gasteiger partial charge is 0.497 e. The first-order valence-electron chi connectivity index (χ1n) is 8.85.